The number of amides is 1. The van der Waals surface area contributed by atoms with E-state index in [-0.39, 0.29) is 49.6 Å². The predicted octanol–water partition coefficient (Wildman–Crippen LogP) is 3.38. The predicted molar refractivity (Wildman–Crippen MR) is 131 cm³/mol. The summed E-state index contributed by atoms with van der Waals surface area (Å²) in [6.45, 7) is 0.723. The Hall–Kier alpha value is -2.72. The third-order valence-corrected chi connectivity index (χ3v) is 9.60. The van der Waals surface area contributed by atoms with Crippen molar-refractivity contribution in [2.75, 3.05) is 26.2 Å². The third kappa shape index (κ3) is 5.98. The summed E-state index contributed by atoms with van der Waals surface area (Å²) >= 11 is 0. The highest BCUT2D eigenvalue weighted by Gasteiger charge is 2.51. The number of sulfonamides is 1. The van der Waals surface area contributed by atoms with Gasteiger partial charge in [0.05, 0.1) is 17.3 Å². The van der Waals surface area contributed by atoms with E-state index in [9.17, 15) is 39.6 Å². The van der Waals surface area contributed by atoms with Gasteiger partial charge < -0.3 is 5.32 Å². The van der Waals surface area contributed by atoms with Gasteiger partial charge in [-0.15, -0.1) is 5.10 Å². The Morgan fingerprint density at radius 2 is 1.73 bits per heavy atom. The number of halogens is 6. The average molecular weight is 597 g/mol. The Labute approximate surface area is 227 Å². The quantitative estimate of drug-likeness (QED) is 0.492. The maximum Gasteiger partial charge on any atom is 0.417 e. The Morgan fingerprint density at radius 3 is 2.25 bits per heavy atom. The van der Waals surface area contributed by atoms with Crippen LogP contribution in [0.15, 0.2) is 29.4 Å². The van der Waals surface area contributed by atoms with Gasteiger partial charge in [0.25, 0.3) is 15.9 Å². The van der Waals surface area contributed by atoms with Crippen LogP contribution < -0.4 is 5.32 Å². The molecule has 1 saturated carbocycles. The zero-order valence-corrected chi connectivity index (χ0v) is 22.7. The molecule has 40 heavy (non-hydrogen) atoms. The molecule has 2 heterocycles. The summed E-state index contributed by atoms with van der Waals surface area (Å²) in [5, 5.41) is 9.66. The van der Waals surface area contributed by atoms with Crippen molar-refractivity contribution in [3.05, 3.63) is 41.1 Å². The van der Waals surface area contributed by atoms with Crippen LogP contribution in [0.5, 0.6) is 0 Å². The van der Waals surface area contributed by atoms with Gasteiger partial charge in [-0.05, 0) is 37.5 Å². The fourth-order valence-corrected chi connectivity index (χ4v) is 6.87. The van der Waals surface area contributed by atoms with Crippen LogP contribution in [0, 0.1) is 0 Å². The number of rotatable bonds is 7. The van der Waals surface area contributed by atoms with Crippen LogP contribution in [0.2, 0.25) is 0 Å². The molecular weight excluding hydrogens is 566 g/mol. The molecule has 1 aliphatic carbocycles. The van der Waals surface area contributed by atoms with Crippen LogP contribution in [0.25, 0.3) is 0 Å². The summed E-state index contributed by atoms with van der Waals surface area (Å²) in [5.74, 6) is -4.00. The van der Waals surface area contributed by atoms with Gasteiger partial charge in [0.2, 0.25) is 10.9 Å². The van der Waals surface area contributed by atoms with Crippen LogP contribution in [-0.2, 0) is 29.9 Å². The molecule has 1 amide bonds. The summed E-state index contributed by atoms with van der Waals surface area (Å²) in [7, 11) is -2.42. The minimum Gasteiger partial charge on any atom is -0.348 e. The van der Waals surface area contributed by atoms with E-state index in [2.05, 4.69) is 15.6 Å². The number of piperazine rings is 1. The third-order valence-electron chi connectivity index (χ3n) is 7.84. The second-order valence-electron chi connectivity index (χ2n) is 10.3. The molecule has 2 aromatic rings. The molecule has 1 aromatic carbocycles. The molecule has 2 aliphatic rings. The first-order valence-corrected chi connectivity index (χ1v) is 14.1. The fourth-order valence-electron chi connectivity index (χ4n) is 5.54. The minimum absolute atomic E-state index is 0.0145. The zero-order chi connectivity index (χ0) is 29.5. The molecule has 0 radical (unpaired) electrons. The van der Waals surface area contributed by atoms with Crippen LogP contribution >= 0.6 is 0 Å². The summed E-state index contributed by atoms with van der Waals surface area (Å²) < 4.78 is 111. The molecule has 222 valence electrons. The number of aryl methyl sites for hydroxylation is 1. The lowest BCUT2D eigenvalue weighted by Gasteiger charge is -2.53. The van der Waals surface area contributed by atoms with Gasteiger partial charge in [-0.2, -0.15) is 17.5 Å². The van der Waals surface area contributed by atoms with Crippen molar-refractivity contribution in [3.8, 4) is 0 Å². The second kappa shape index (κ2) is 10.9. The smallest absolute Gasteiger partial charge is 0.348 e. The Bertz CT molecular complexity index is 1330. The number of nitrogens with one attached hydrogen (secondary N) is 1. The molecule has 16 heteroatoms. The highest BCUT2D eigenvalue weighted by Crippen LogP contribution is 2.44. The molecule has 1 unspecified atom stereocenters. The number of alkyl halides is 6. The maximum absolute atomic E-state index is 14.2. The number of benzene rings is 1. The highest BCUT2D eigenvalue weighted by molar-refractivity contribution is 7.89. The topological polar surface area (TPSA) is 100 Å². The number of carbonyl (C=O) groups excluding carboxylic acids is 1. The van der Waals surface area contributed by atoms with Crippen LogP contribution in [0.4, 0.5) is 26.3 Å². The van der Waals surface area contributed by atoms with E-state index < -0.39 is 70.3 Å². The molecule has 0 spiro atoms. The summed E-state index contributed by atoms with van der Waals surface area (Å²) in [5.41, 5.74) is -3.29. The molecule has 1 atom stereocenters. The van der Waals surface area contributed by atoms with Gasteiger partial charge in [0, 0.05) is 57.6 Å². The molecule has 1 aliphatic heterocycles. The number of hydrogen-bond acceptors (Lipinski definition) is 6. The van der Waals surface area contributed by atoms with Gasteiger partial charge in [-0.1, -0.05) is 11.3 Å². The van der Waals surface area contributed by atoms with Gasteiger partial charge in [0.15, 0.2) is 0 Å². The minimum atomic E-state index is -4.92. The summed E-state index contributed by atoms with van der Waals surface area (Å²) in [6.07, 6.45) is -4.78. The van der Waals surface area contributed by atoms with Crippen molar-refractivity contribution in [1.82, 2.24) is 29.5 Å². The van der Waals surface area contributed by atoms with Crippen molar-refractivity contribution < 1.29 is 39.6 Å². The van der Waals surface area contributed by atoms with Crippen LogP contribution in [0.1, 0.15) is 54.1 Å². The fraction of sp³-hybridized carbons (Fsp3) is 0.625. The molecule has 1 saturated heterocycles. The van der Waals surface area contributed by atoms with E-state index in [1.807, 2.05) is 4.90 Å². The van der Waals surface area contributed by atoms with Crippen LogP contribution in [0.3, 0.4) is 0 Å². The monoisotopic (exact) mass is 596 g/mol. The van der Waals surface area contributed by atoms with Crippen molar-refractivity contribution in [2.45, 2.75) is 68.0 Å². The SMILES string of the molecule is CC(NC(=O)c1ccc(CF)cc1C(F)(F)F)C1(N2CCN(S(=O)(=O)c3cn(C)nn3)CC2)CCC(F)(F)CC1. The van der Waals surface area contributed by atoms with E-state index in [1.165, 1.54) is 22.2 Å². The number of carbonyl (C=O) groups is 1. The van der Waals surface area contributed by atoms with E-state index >= 15 is 0 Å². The molecular formula is C24H30F6N6O3S. The van der Waals surface area contributed by atoms with Crippen molar-refractivity contribution in [1.29, 1.82) is 0 Å². The summed E-state index contributed by atoms with van der Waals surface area (Å²) in [6, 6.07) is 1.69. The summed E-state index contributed by atoms with van der Waals surface area (Å²) in [4.78, 5) is 14.9. The van der Waals surface area contributed by atoms with E-state index in [0.29, 0.717) is 6.07 Å². The molecule has 2 fully saturated rings. The van der Waals surface area contributed by atoms with E-state index in [4.69, 9.17) is 0 Å². The average Bonchev–Trinajstić information content (AvgIpc) is 3.35. The maximum atomic E-state index is 14.2. The lowest BCUT2D eigenvalue weighted by Crippen LogP contribution is -2.67. The first-order valence-electron chi connectivity index (χ1n) is 12.7. The number of nitrogens with zero attached hydrogens (tertiary/aromatic N) is 5. The Kier molecular flexibility index (Phi) is 8.26. The molecule has 1 aromatic heterocycles. The van der Waals surface area contributed by atoms with Gasteiger partial charge in [-0.3, -0.25) is 14.4 Å². The standard InChI is InChI=1S/C24H30F6N6O3S/c1-16(31-21(37)18-4-3-17(14-25)13-19(18)24(28,29)30)22(5-7-23(26,27)8-6-22)35-9-11-36(12-10-35)40(38,39)20-15-34(2)33-32-20/h3-4,13,15-16H,5-12,14H2,1-2H3,(H,31,37). The van der Waals surface area contributed by atoms with Crippen molar-refractivity contribution in [2.24, 2.45) is 7.05 Å². The molecule has 9 nitrogen and oxygen atoms in total. The zero-order valence-electron chi connectivity index (χ0n) is 21.9. The molecule has 1 N–H and O–H groups in total. The Balaban J connectivity index is 1.56. The van der Waals surface area contributed by atoms with Crippen LogP contribution in [-0.4, -0.2) is 82.2 Å². The molecule has 4 rings (SSSR count). The Morgan fingerprint density at radius 1 is 1.10 bits per heavy atom. The molecule has 0 bridgehead atoms. The lowest BCUT2D eigenvalue weighted by atomic mass is 9.73. The number of hydrogen-bond donors (Lipinski definition) is 1. The van der Waals surface area contributed by atoms with Crippen molar-refractivity contribution >= 4 is 15.9 Å². The van der Waals surface area contributed by atoms with E-state index in [1.54, 1.807) is 6.92 Å². The first-order chi connectivity index (χ1) is 18.6. The van der Waals surface area contributed by atoms with Gasteiger partial charge in [0.1, 0.15) is 6.67 Å². The van der Waals surface area contributed by atoms with Crippen molar-refractivity contribution in [3.63, 3.8) is 0 Å². The normalized spacial score (nSPS) is 21.2. The first kappa shape index (κ1) is 30.2. The highest BCUT2D eigenvalue weighted by atomic mass is 32.2. The lowest BCUT2D eigenvalue weighted by molar-refractivity contribution is -0.138. The van der Waals surface area contributed by atoms with E-state index in [0.717, 1.165) is 12.1 Å². The number of aromatic nitrogens is 3. The van der Waals surface area contributed by atoms with Gasteiger partial charge in [-0.25, -0.2) is 21.6 Å². The van der Waals surface area contributed by atoms with Gasteiger partial charge >= 0.3 is 6.18 Å². The second-order valence-corrected chi connectivity index (χ2v) is 12.2. The largest absolute Gasteiger partial charge is 0.417 e.